The molecule has 0 amide bonds. The van der Waals surface area contributed by atoms with Gasteiger partial charge in [0.15, 0.2) is 11.5 Å². The second-order valence-corrected chi connectivity index (χ2v) is 6.45. The van der Waals surface area contributed by atoms with Crippen LogP contribution in [-0.4, -0.2) is 44.6 Å². The van der Waals surface area contributed by atoms with E-state index in [1.807, 2.05) is 22.9 Å². The van der Waals surface area contributed by atoms with E-state index in [4.69, 9.17) is 14.0 Å². The summed E-state index contributed by atoms with van der Waals surface area (Å²) in [6.45, 7) is 0. The summed E-state index contributed by atoms with van der Waals surface area (Å²) in [5.74, 6) is 2.79. The van der Waals surface area contributed by atoms with Crippen molar-refractivity contribution >= 4 is 11.8 Å². The van der Waals surface area contributed by atoms with Crippen molar-refractivity contribution in [2.45, 2.75) is 29.8 Å². The predicted octanol–water partition coefficient (Wildman–Crippen LogP) is 2.37. The molecule has 3 aromatic rings. The normalized spacial score (nSPS) is 13.8. The van der Waals surface area contributed by atoms with E-state index in [1.165, 1.54) is 11.8 Å². The van der Waals surface area contributed by atoms with Crippen molar-refractivity contribution in [1.29, 1.82) is 0 Å². The van der Waals surface area contributed by atoms with Crippen molar-refractivity contribution in [1.82, 2.24) is 30.3 Å². The van der Waals surface area contributed by atoms with Gasteiger partial charge in [-0.05, 0) is 41.5 Å². The zero-order valence-electron chi connectivity index (χ0n) is 13.7. The van der Waals surface area contributed by atoms with Gasteiger partial charge in [0.25, 0.3) is 0 Å². The number of ether oxygens (including phenoxy) is 2. The molecule has 0 atom stereocenters. The first-order valence-electron chi connectivity index (χ1n) is 7.74. The van der Waals surface area contributed by atoms with Crippen molar-refractivity contribution in [2.75, 3.05) is 14.2 Å². The van der Waals surface area contributed by atoms with E-state index in [0.717, 1.165) is 23.6 Å². The largest absolute Gasteiger partial charge is 0.493 e. The van der Waals surface area contributed by atoms with E-state index in [0.29, 0.717) is 35.0 Å². The van der Waals surface area contributed by atoms with Crippen LogP contribution in [0.2, 0.25) is 0 Å². The number of tetrazole rings is 1. The Balaban J connectivity index is 1.47. The fourth-order valence-electron chi connectivity index (χ4n) is 2.36. The van der Waals surface area contributed by atoms with Crippen LogP contribution in [0.5, 0.6) is 11.5 Å². The number of nitrogens with zero attached hydrogens (tertiary/aromatic N) is 6. The maximum atomic E-state index is 5.33. The van der Waals surface area contributed by atoms with Gasteiger partial charge >= 0.3 is 0 Å². The average molecular weight is 360 g/mol. The first-order valence-corrected chi connectivity index (χ1v) is 8.72. The Morgan fingerprint density at radius 2 is 2.08 bits per heavy atom. The maximum absolute atomic E-state index is 5.33. The molecule has 0 bridgehead atoms. The van der Waals surface area contributed by atoms with Crippen LogP contribution in [0.25, 0.3) is 11.4 Å². The van der Waals surface area contributed by atoms with Gasteiger partial charge in [-0.15, -0.1) is 5.10 Å². The second kappa shape index (κ2) is 6.71. The van der Waals surface area contributed by atoms with Crippen LogP contribution in [0.1, 0.15) is 24.8 Å². The molecular formula is C15H16N6O3S. The monoisotopic (exact) mass is 360 g/mol. The number of methoxy groups -OCH3 is 2. The van der Waals surface area contributed by atoms with Crippen molar-refractivity contribution < 1.29 is 14.0 Å². The Kier molecular flexibility index (Phi) is 4.26. The molecule has 1 aliphatic carbocycles. The van der Waals surface area contributed by atoms with Gasteiger partial charge in [-0.25, -0.2) is 4.68 Å². The van der Waals surface area contributed by atoms with E-state index in [1.54, 1.807) is 14.2 Å². The number of hydrogen-bond donors (Lipinski definition) is 0. The van der Waals surface area contributed by atoms with Crippen molar-refractivity contribution in [3.05, 3.63) is 24.1 Å². The SMILES string of the molecule is COc1ccc(-c2noc(CSc3nnnn3C3CC3)n2)cc1OC. The van der Waals surface area contributed by atoms with E-state index in [9.17, 15) is 0 Å². The first kappa shape index (κ1) is 15.9. The van der Waals surface area contributed by atoms with Crippen LogP contribution in [0.4, 0.5) is 0 Å². The first-order chi connectivity index (χ1) is 12.3. The molecule has 1 aliphatic rings. The Bertz CT molecular complexity index is 876. The molecule has 130 valence electrons. The molecule has 4 rings (SSSR count). The van der Waals surface area contributed by atoms with E-state index < -0.39 is 0 Å². The summed E-state index contributed by atoms with van der Waals surface area (Å²) < 4.78 is 17.7. The maximum Gasteiger partial charge on any atom is 0.237 e. The van der Waals surface area contributed by atoms with Gasteiger partial charge in [-0.1, -0.05) is 16.9 Å². The van der Waals surface area contributed by atoms with E-state index in [2.05, 4.69) is 25.7 Å². The van der Waals surface area contributed by atoms with Crippen LogP contribution >= 0.6 is 11.8 Å². The zero-order chi connectivity index (χ0) is 17.2. The molecule has 0 spiro atoms. The third kappa shape index (κ3) is 3.29. The molecule has 2 aromatic heterocycles. The third-order valence-corrected chi connectivity index (χ3v) is 4.71. The molecule has 0 unspecified atom stereocenters. The Labute approximate surface area is 147 Å². The summed E-state index contributed by atoms with van der Waals surface area (Å²) in [7, 11) is 3.18. The lowest BCUT2D eigenvalue weighted by Gasteiger charge is -2.07. The Hall–Kier alpha value is -2.62. The van der Waals surface area contributed by atoms with Crippen LogP contribution < -0.4 is 9.47 Å². The summed E-state index contributed by atoms with van der Waals surface area (Å²) in [6.07, 6.45) is 2.26. The standard InChI is InChI=1S/C15H16N6O3S/c1-22-11-6-3-9(7-12(11)23-2)14-16-13(24-18-14)8-25-15-17-19-20-21(15)10-4-5-10/h3,6-7,10H,4-5,8H2,1-2H3. The topological polar surface area (TPSA) is 101 Å². The van der Waals surface area contributed by atoms with Gasteiger partial charge in [0.2, 0.25) is 16.9 Å². The average Bonchev–Trinajstić information content (AvgIpc) is 3.19. The molecule has 0 saturated heterocycles. The lowest BCUT2D eigenvalue weighted by molar-refractivity contribution is 0.355. The molecule has 1 aromatic carbocycles. The zero-order valence-corrected chi connectivity index (χ0v) is 14.6. The lowest BCUT2D eigenvalue weighted by Crippen LogP contribution is -1.98. The number of benzene rings is 1. The molecule has 9 nitrogen and oxygen atoms in total. The van der Waals surface area contributed by atoms with Gasteiger partial charge in [0, 0.05) is 5.56 Å². The minimum Gasteiger partial charge on any atom is -0.493 e. The van der Waals surface area contributed by atoms with Crippen molar-refractivity contribution in [3.63, 3.8) is 0 Å². The van der Waals surface area contributed by atoms with Crippen LogP contribution in [0, 0.1) is 0 Å². The summed E-state index contributed by atoms with van der Waals surface area (Å²) >= 11 is 1.48. The molecule has 10 heteroatoms. The van der Waals surface area contributed by atoms with Crippen molar-refractivity contribution in [3.8, 4) is 22.9 Å². The summed E-state index contributed by atoms with van der Waals surface area (Å²) in [4.78, 5) is 4.43. The van der Waals surface area contributed by atoms with E-state index in [-0.39, 0.29) is 0 Å². The number of hydrogen-bond acceptors (Lipinski definition) is 9. The highest BCUT2D eigenvalue weighted by Crippen LogP contribution is 2.37. The molecule has 0 radical (unpaired) electrons. The molecule has 0 N–H and O–H groups in total. The highest BCUT2D eigenvalue weighted by atomic mass is 32.2. The van der Waals surface area contributed by atoms with E-state index >= 15 is 0 Å². The molecule has 0 aliphatic heterocycles. The van der Waals surface area contributed by atoms with Gasteiger partial charge < -0.3 is 14.0 Å². The fraction of sp³-hybridized carbons (Fsp3) is 0.400. The molecule has 2 heterocycles. The quantitative estimate of drug-likeness (QED) is 0.588. The Morgan fingerprint density at radius 1 is 1.24 bits per heavy atom. The summed E-state index contributed by atoms with van der Waals surface area (Å²) in [5.41, 5.74) is 0.792. The highest BCUT2D eigenvalue weighted by molar-refractivity contribution is 7.98. The Morgan fingerprint density at radius 3 is 2.84 bits per heavy atom. The number of rotatable bonds is 7. The minimum absolute atomic E-state index is 0.433. The second-order valence-electron chi connectivity index (χ2n) is 5.51. The lowest BCUT2D eigenvalue weighted by atomic mass is 10.2. The number of thioether (sulfide) groups is 1. The highest BCUT2D eigenvalue weighted by Gasteiger charge is 2.28. The van der Waals surface area contributed by atoms with Gasteiger partial charge in [0.05, 0.1) is 26.0 Å². The fourth-order valence-corrected chi connectivity index (χ4v) is 3.14. The molecular weight excluding hydrogens is 344 g/mol. The van der Waals surface area contributed by atoms with Gasteiger partial charge in [-0.3, -0.25) is 0 Å². The number of aromatic nitrogens is 6. The summed E-state index contributed by atoms with van der Waals surface area (Å²) in [6, 6.07) is 5.91. The van der Waals surface area contributed by atoms with Crippen molar-refractivity contribution in [2.24, 2.45) is 0 Å². The third-order valence-electron chi connectivity index (χ3n) is 3.79. The van der Waals surface area contributed by atoms with Crippen LogP contribution in [0.15, 0.2) is 27.9 Å². The van der Waals surface area contributed by atoms with Gasteiger partial charge in [0.1, 0.15) is 0 Å². The molecule has 25 heavy (non-hydrogen) atoms. The van der Waals surface area contributed by atoms with Crippen LogP contribution in [0.3, 0.4) is 0 Å². The molecule has 1 fully saturated rings. The summed E-state index contributed by atoms with van der Waals surface area (Å²) in [5, 5.41) is 16.6. The van der Waals surface area contributed by atoms with Gasteiger partial charge in [-0.2, -0.15) is 4.98 Å². The predicted molar refractivity (Wildman–Crippen MR) is 88.5 cm³/mol. The molecule has 1 saturated carbocycles. The minimum atomic E-state index is 0.433. The smallest absolute Gasteiger partial charge is 0.237 e. The van der Waals surface area contributed by atoms with Crippen LogP contribution in [-0.2, 0) is 5.75 Å².